The molecule has 1 heterocycles. The van der Waals surface area contributed by atoms with E-state index in [4.69, 9.17) is 4.74 Å². The second-order valence-electron chi connectivity index (χ2n) is 7.38. The molecule has 0 bridgehead atoms. The molecule has 0 unspecified atom stereocenters. The van der Waals surface area contributed by atoms with Gasteiger partial charge in [-0.15, -0.1) is 0 Å². The van der Waals surface area contributed by atoms with E-state index in [0.717, 1.165) is 31.6 Å². The lowest BCUT2D eigenvalue weighted by Gasteiger charge is -2.28. The van der Waals surface area contributed by atoms with Gasteiger partial charge in [-0.25, -0.2) is 13.2 Å². The Balaban J connectivity index is 1.58. The van der Waals surface area contributed by atoms with Crippen molar-refractivity contribution in [1.82, 2.24) is 4.90 Å². The van der Waals surface area contributed by atoms with E-state index in [1.54, 1.807) is 17.0 Å². The van der Waals surface area contributed by atoms with Crippen LogP contribution in [0.4, 0.5) is 5.69 Å². The van der Waals surface area contributed by atoms with Crippen molar-refractivity contribution in [3.05, 3.63) is 29.8 Å². The van der Waals surface area contributed by atoms with E-state index >= 15 is 0 Å². The Hall–Kier alpha value is -2.09. The van der Waals surface area contributed by atoms with Gasteiger partial charge in [0.2, 0.25) is 0 Å². The summed E-state index contributed by atoms with van der Waals surface area (Å²) in [5, 5.41) is 0. The van der Waals surface area contributed by atoms with Gasteiger partial charge in [0.25, 0.3) is 5.91 Å². The molecular weight excluding hydrogens is 380 g/mol. The highest BCUT2D eigenvalue weighted by molar-refractivity contribution is 7.91. The van der Waals surface area contributed by atoms with Crippen LogP contribution in [0.5, 0.6) is 0 Å². The van der Waals surface area contributed by atoms with Crippen LogP contribution in [0, 0.1) is 0 Å². The predicted molar refractivity (Wildman–Crippen MR) is 107 cm³/mol. The maximum absolute atomic E-state index is 12.6. The number of sulfone groups is 1. The topological polar surface area (TPSA) is 84.0 Å². The average molecular weight is 409 g/mol. The number of anilines is 1. The molecule has 1 aliphatic heterocycles. The van der Waals surface area contributed by atoms with Crippen LogP contribution in [0.3, 0.4) is 0 Å². The van der Waals surface area contributed by atoms with Crippen molar-refractivity contribution in [2.24, 2.45) is 0 Å². The van der Waals surface area contributed by atoms with Gasteiger partial charge >= 0.3 is 5.97 Å². The summed E-state index contributed by atoms with van der Waals surface area (Å²) in [6.45, 7) is 5.53. The van der Waals surface area contributed by atoms with Crippen LogP contribution in [-0.4, -0.2) is 68.5 Å². The maximum atomic E-state index is 12.6. The van der Waals surface area contributed by atoms with Crippen LogP contribution in [0.1, 0.15) is 43.5 Å². The molecule has 0 radical (unpaired) electrons. The van der Waals surface area contributed by atoms with Crippen molar-refractivity contribution in [2.45, 2.75) is 45.2 Å². The van der Waals surface area contributed by atoms with Gasteiger partial charge in [0.15, 0.2) is 16.4 Å². The number of rotatable bonds is 8. The number of hydrogen-bond acceptors (Lipinski definition) is 6. The van der Waals surface area contributed by atoms with Crippen LogP contribution in [0.15, 0.2) is 24.3 Å². The van der Waals surface area contributed by atoms with Gasteiger partial charge in [-0.2, -0.15) is 0 Å². The van der Waals surface area contributed by atoms with Crippen LogP contribution >= 0.6 is 0 Å². The van der Waals surface area contributed by atoms with Crippen molar-refractivity contribution in [3.63, 3.8) is 0 Å². The van der Waals surface area contributed by atoms with Gasteiger partial charge in [0.1, 0.15) is 0 Å². The molecule has 154 valence electrons. The zero-order chi connectivity index (χ0) is 20.3. The quantitative estimate of drug-likeness (QED) is 0.611. The third-order valence-corrected chi connectivity index (χ3v) is 7.14. The Bertz CT molecular complexity index is 814. The summed E-state index contributed by atoms with van der Waals surface area (Å²) >= 11 is 0. The normalized spacial score (nSPS) is 20.6. The number of ether oxygens (including phenoxy) is 1. The molecule has 2 aliphatic rings. The zero-order valence-electron chi connectivity index (χ0n) is 16.5. The van der Waals surface area contributed by atoms with E-state index in [2.05, 4.69) is 18.7 Å². The van der Waals surface area contributed by atoms with Crippen molar-refractivity contribution >= 4 is 27.4 Å². The minimum absolute atomic E-state index is 0.00993. The average Bonchev–Trinajstić information content (AvgIpc) is 3.44. The van der Waals surface area contributed by atoms with Crippen LogP contribution in [0.25, 0.3) is 0 Å². The monoisotopic (exact) mass is 408 g/mol. The van der Waals surface area contributed by atoms with Gasteiger partial charge in [0, 0.05) is 30.9 Å². The van der Waals surface area contributed by atoms with Gasteiger partial charge in [-0.05, 0) is 57.4 Å². The summed E-state index contributed by atoms with van der Waals surface area (Å²) in [7, 11) is -3.08. The third kappa shape index (κ3) is 4.84. The number of hydrogen-bond donors (Lipinski definition) is 0. The van der Waals surface area contributed by atoms with Crippen molar-refractivity contribution in [3.8, 4) is 0 Å². The van der Waals surface area contributed by atoms with Gasteiger partial charge in [-0.3, -0.25) is 4.79 Å². The number of amides is 1. The highest BCUT2D eigenvalue weighted by Crippen LogP contribution is 2.32. The molecule has 1 saturated heterocycles. The predicted octanol–water partition coefficient (Wildman–Crippen LogP) is 1.87. The fourth-order valence-electron chi connectivity index (χ4n) is 3.74. The first-order chi connectivity index (χ1) is 13.3. The van der Waals surface area contributed by atoms with E-state index in [1.807, 2.05) is 12.1 Å². The summed E-state index contributed by atoms with van der Waals surface area (Å²) in [4.78, 5) is 28.7. The molecule has 1 aliphatic carbocycles. The van der Waals surface area contributed by atoms with E-state index < -0.39 is 15.8 Å². The molecule has 7 nitrogen and oxygen atoms in total. The van der Waals surface area contributed by atoms with Crippen LogP contribution in [0.2, 0.25) is 0 Å². The minimum Gasteiger partial charge on any atom is -0.452 e. The van der Waals surface area contributed by atoms with Crippen LogP contribution < -0.4 is 4.90 Å². The Kier molecular flexibility index (Phi) is 6.27. The van der Waals surface area contributed by atoms with Crippen LogP contribution in [-0.2, 0) is 19.4 Å². The number of esters is 1. The van der Waals surface area contributed by atoms with Crippen molar-refractivity contribution in [2.75, 3.05) is 36.1 Å². The molecular formula is C20H28N2O5S. The Morgan fingerprint density at radius 3 is 2.18 bits per heavy atom. The standard InChI is InChI=1S/C20H28N2O5S/c1-3-21(4-2)16-7-5-15(6-8-16)20(24)27-13-19(23)22(17-9-10-17)18-11-12-28(25,26)14-18/h5-8,17-18H,3-4,9-14H2,1-2H3/t18-/m0/s1. The summed E-state index contributed by atoms with van der Waals surface area (Å²) in [5.74, 6) is -0.727. The SMILES string of the molecule is CCN(CC)c1ccc(C(=O)OCC(=O)N(C2CC2)[C@H]2CCS(=O)(=O)C2)cc1. The summed E-state index contributed by atoms with van der Waals surface area (Å²) < 4.78 is 28.7. The second-order valence-corrected chi connectivity index (χ2v) is 9.61. The first-order valence-electron chi connectivity index (χ1n) is 9.88. The lowest BCUT2D eigenvalue weighted by atomic mass is 10.2. The van der Waals surface area contributed by atoms with Gasteiger partial charge in [-0.1, -0.05) is 0 Å². The van der Waals surface area contributed by atoms with Gasteiger partial charge < -0.3 is 14.5 Å². The maximum Gasteiger partial charge on any atom is 0.338 e. The first-order valence-corrected chi connectivity index (χ1v) is 11.7. The Labute approximate surface area is 166 Å². The number of carbonyl (C=O) groups excluding carboxylic acids is 2. The fraction of sp³-hybridized carbons (Fsp3) is 0.600. The van der Waals surface area contributed by atoms with Gasteiger partial charge in [0.05, 0.1) is 17.1 Å². The number of carbonyl (C=O) groups is 2. The van der Waals surface area contributed by atoms with Crippen molar-refractivity contribution in [1.29, 1.82) is 0 Å². The number of nitrogens with zero attached hydrogens (tertiary/aromatic N) is 2. The lowest BCUT2D eigenvalue weighted by molar-refractivity contribution is -0.137. The molecule has 1 atom stereocenters. The highest BCUT2D eigenvalue weighted by atomic mass is 32.2. The molecule has 1 amide bonds. The van der Waals surface area contributed by atoms with E-state index in [9.17, 15) is 18.0 Å². The molecule has 8 heteroatoms. The summed E-state index contributed by atoms with van der Waals surface area (Å²) in [6.07, 6.45) is 2.22. The molecule has 3 rings (SSSR count). The number of benzene rings is 1. The lowest BCUT2D eigenvalue weighted by Crippen LogP contribution is -2.44. The third-order valence-electron chi connectivity index (χ3n) is 5.39. The van der Waals surface area contributed by atoms with E-state index in [0.29, 0.717) is 12.0 Å². The molecule has 28 heavy (non-hydrogen) atoms. The van der Waals surface area contributed by atoms with E-state index in [1.165, 1.54) is 0 Å². The molecule has 0 N–H and O–H groups in total. The Morgan fingerprint density at radius 2 is 1.68 bits per heavy atom. The fourth-order valence-corrected chi connectivity index (χ4v) is 5.45. The van der Waals surface area contributed by atoms with E-state index in [-0.39, 0.29) is 36.1 Å². The first kappa shape index (κ1) is 20.6. The molecule has 0 aromatic heterocycles. The second kappa shape index (κ2) is 8.51. The summed E-state index contributed by atoms with van der Waals surface area (Å²) in [5.41, 5.74) is 1.42. The minimum atomic E-state index is -3.08. The van der Waals surface area contributed by atoms with Crippen molar-refractivity contribution < 1.29 is 22.7 Å². The smallest absolute Gasteiger partial charge is 0.338 e. The zero-order valence-corrected chi connectivity index (χ0v) is 17.3. The largest absolute Gasteiger partial charge is 0.452 e. The Morgan fingerprint density at radius 1 is 1.04 bits per heavy atom. The molecule has 2 fully saturated rings. The summed E-state index contributed by atoms with van der Waals surface area (Å²) in [6, 6.07) is 6.91. The molecule has 0 spiro atoms. The molecule has 1 saturated carbocycles. The molecule has 1 aromatic carbocycles. The highest BCUT2D eigenvalue weighted by Gasteiger charge is 2.42. The molecule has 1 aromatic rings.